The molecule has 0 saturated heterocycles. The minimum atomic E-state index is -0.532. The van der Waals surface area contributed by atoms with Gasteiger partial charge >= 0.3 is 0 Å². The van der Waals surface area contributed by atoms with Crippen LogP contribution in [0.2, 0.25) is 0 Å². The summed E-state index contributed by atoms with van der Waals surface area (Å²) in [5.74, 6) is -0.774. The standard InChI is InChI=1S/C16H14F2N2/c1-11-8-14(17)4-2-12(11)6-7-20-15-5-3-13(10-19)16(18)9-15/h2-5,8-9,20H,6-7H2,1H3. The van der Waals surface area contributed by atoms with E-state index in [0.717, 1.165) is 11.1 Å². The zero-order chi connectivity index (χ0) is 14.5. The first-order chi connectivity index (χ1) is 9.60. The topological polar surface area (TPSA) is 35.8 Å². The van der Waals surface area contributed by atoms with Crippen molar-refractivity contribution in [2.75, 3.05) is 11.9 Å². The maximum Gasteiger partial charge on any atom is 0.143 e. The molecule has 0 aliphatic rings. The molecule has 0 saturated carbocycles. The molecule has 2 aromatic rings. The zero-order valence-electron chi connectivity index (χ0n) is 11.1. The van der Waals surface area contributed by atoms with Gasteiger partial charge in [-0.15, -0.1) is 0 Å². The number of nitrogens with zero attached hydrogens (tertiary/aromatic N) is 1. The van der Waals surface area contributed by atoms with E-state index >= 15 is 0 Å². The van der Waals surface area contributed by atoms with Gasteiger partial charge in [-0.3, -0.25) is 0 Å². The molecule has 2 nitrogen and oxygen atoms in total. The van der Waals surface area contributed by atoms with Gasteiger partial charge in [-0.05, 0) is 54.8 Å². The van der Waals surface area contributed by atoms with E-state index in [1.807, 2.05) is 6.92 Å². The summed E-state index contributed by atoms with van der Waals surface area (Å²) in [6, 6.07) is 10.9. The van der Waals surface area contributed by atoms with Crippen LogP contribution < -0.4 is 5.32 Å². The molecule has 0 radical (unpaired) electrons. The normalized spacial score (nSPS) is 10.1. The minimum Gasteiger partial charge on any atom is -0.385 e. The highest BCUT2D eigenvalue weighted by molar-refractivity contribution is 5.48. The van der Waals surface area contributed by atoms with Crippen molar-refractivity contribution in [3.8, 4) is 6.07 Å². The van der Waals surface area contributed by atoms with Crippen LogP contribution in [0.1, 0.15) is 16.7 Å². The molecule has 1 N–H and O–H groups in total. The summed E-state index contributed by atoms with van der Waals surface area (Å²) < 4.78 is 26.4. The van der Waals surface area contributed by atoms with Gasteiger partial charge in [0, 0.05) is 12.2 Å². The number of anilines is 1. The molecule has 0 aliphatic heterocycles. The van der Waals surface area contributed by atoms with Gasteiger partial charge in [0.1, 0.15) is 17.7 Å². The summed E-state index contributed by atoms with van der Waals surface area (Å²) >= 11 is 0. The second-order valence-corrected chi connectivity index (χ2v) is 4.55. The summed E-state index contributed by atoms with van der Waals surface area (Å²) in [6.45, 7) is 2.47. The quantitative estimate of drug-likeness (QED) is 0.919. The van der Waals surface area contributed by atoms with Gasteiger partial charge in [-0.25, -0.2) is 8.78 Å². The van der Waals surface area contributed by atoms with Crippen LogP contribution >= 0.6 is 0 Å². The fourth-order valence-corrected chi connectivity index (χ4v) is 2.00. The van der Waals surface area contributed by atoms with E-state index in [-0.39, 0.29) is 11.4 Å². The number of aryl methyl sites for hydroxylation is 1. The summed E-state index contributed by atoms with van der Waals surface area (Å²) in [6.07, 6.45) is 0.716. The second kappa shape index (κ2) is 6.16. The molecule has 4 heteroatoms. The van der Waals surface area contributed by atoms with Gasteiger partial charge in [-0.2, -0.15) is 5.26 Å². The lowest BCUT2D eigenvalue weighted by atomic mass is 10.1. The summed E-state index contributed by atoms with van der Waals surface area (Å²) in [4.78, 5) is 0. The van der Waals surface area contributed by atoms with Crippen molar-refractivity contribution < 1.29 is 8.78 Å². The van der Waals surface area contributed by atoms with E-state index in [1.165, 1.54) is 24.3 Å². The third kappa shape index (κ3) is 3.33. The number of rotatable bonds is 4. The summed E-state index contributed by atoms with van der Waals surface area (Å²) in [5.41, 5.74) is 2.61. The monoisotopic (exact) mass is 272 g/mol. The maximum atomic E-state index is 13.4. The molecule has 0 spiro atoms. The number of halogens is 2. The van der Waals surface area contributed by atoms with Crippen molar-refractivity contribution in [1.82, 2.24) is 0 Å². The Kier molecular flexibility index (Phi) is 4.31. The minimum absolute atomic E-state index is 0.0323. The maximum absolute atomic E-state index is 13.4. The van der Waals surface area contributed by atoms with Gasteiger partial charge in [-0.1, -0.05) is 6.07 Å². The Bertz CT molecular complexity index is 660. The van der Waals surface area contributed by atoms with Crippen LogP contribution in [0.25, 0.3) is 0 Å². The molecule has 0 bridgehead atoms. The van der Waals surface area contributed by atoms with Crippen molar-refractivity contribution in [3.05, 3.63) is 64.7 Å². The van der Waals surface area contributed by atoms with Gasteiger partial charge in [0.25, 0.3) is 0 Å². The fraction of sp³-hybridized carbons (Fsp3) is 0.188. The Labute approximate surface area is 116 Å². The lowest BCUT2D eigenvalue weighted by Gasteiger charge is -2.09. The van der Waals surface area contributed by atoms with Gasteiger partial charge < -0.3 is 5.32 Å². The third-order valence-electron chi connectivity index (χ3n) is 3.12. The first-order valence-electron chi connectivity index (χ1n) is 6.28. The predicted octanol–water partition coefficient (Wildman–Crippen LogP) is 3.80. The third-order valence-corrected chi connectivity index (χ3v) is 3.12. The van der Waals surface area contributed by atoms with Crippen LogP contribution in [0.4, 0.5) is 14.5 Å². The van der Waals surface area contributed by atoms with Crippen molar-refractivity contribution in [3.63, 3.8) is 0 Å². The largest absolute Gasteiger partial charge is 0.385 e. The SMILES string of the molecule is Cc1cc(F)ccc1CCNc1ccc(C#N)c(F)c1. The van der Waals surface area contributed by atoms with Crippen molar-refractivity contribution in [2.24, 2.45) is 0 Å². The smallest absolute Gasteiger partial charge is 0.143 e. The van der Waals surface area contributed by atoms with E-state index in [2.05, 4.69) is 5.32 Å². The van der Waals surface area contributed by atoms with Crippen LogP contribution in [0.5, 0.6) is 0 Å². The van der Waals surface area contributed by atoms with Crippen LogP contribution in [-0.4, -0.2) is 6.54 Å². The first-order valence-corrected chi connectivity index (χ1v) is 6.28. The Hall–Kier alpha value is -2.41. The fourth-order valence-electron chi connectivity index (χ4n) is 2.00. The molecule has 0 unspecified atom stereocenters. The highest BCUT2D eigenvalue weighted by Gasteiger charge is 2.03. The highest BCUT2D eigenvalue weighted by Crippen LogP contribution is 2.15. The lowest BCUT2D eigenvalue weighted by Crippen LogP contribution is -2.06. The number of hydrogen-bond acceptors (Lipinski definition) is 2. The average molecular weight is 272 g/mol. The van der Waals surface area contributed by atoms with Crippen LogP contribution in [0.15, 0.2) is 36.4 Å². The molecule has 0 amide bonds. The van der Waals surface area contributed by atoms with Crippen molar-refractivity contribution >= 4 is 5.69 Å². The summed E-state index contributed by atoms with van der Waals surface area (Å²) in [7, 11) is 0. The Balaban J connectivity index is 1.96. The van der Waals surface area contributed by atoms with Crippen molar-refractivity contribution in [1.29, 1.82) is 5.26 Å². The van der Waals surface area contributed by atoms with Crippen LogP contribution in [0.3, 0.4) is 0 Å². The van der Waals surface area contributed by atoms with Gasteiger partial charge in [0.05, 0.1) is 5.56 Å². The Morgan fingerprint density at radius 3 is 2.60 bits per heavy atom. The second-order valence-electron chi connectivity index (χ2n) is 4.55. The molecule has 0 aliphatic carbocycles. The summed E-state index contributed by atoms with van der Waals surface area (Å²) in [5, 5.41) is 11.7. The molecule has 102 valence electrons. The average Bonchev–Trinajstić information content (AvgIpc) is 2.41. The van der Waals surface area contributed by atoms with Gasteiger partial charge in [0.2, 0.25) is 0 Å². The Morgan fingerprint density at radius 2 is 1.95 bits per heavy atom. The van der Waals surface area contributed by atoms with Crippen LogP contribution in [0, 0.1) is 29.9 Å². The number of hydrogen-bond donors (Lipinski definition) is 1. The molecule has 20 heavy (non-hydrogen) atoms. The molecule has 0 aromatic heterocycles. The van der Waals surface area contributed by atoms with E-state index in [0.29, 0.717) is 18.7 Å². The van der Waals surface area contributed by atoms with E-state index in [9.17, 15) is 8.78 Å². The van der Waals surface area contributed by atoms with E-state index in [4.69, 9.17) is 5.26 Å². The van der Waals surface area contributed by atoms with E-state index < -0.39 is 5.82 Å². The van der Waals surface area contributed by atoms with Crippen LogP contribution in [-0.2, 0) is 6.42 Å². The molecular weight excluding hydrogens is 258 g/mol. The number of nitrogens with one attached hydrogen (secondary N) is 1. The molecule has 0 heterocycles. The van der Waals surface area contributed by atoms with Crippen molar-refractivity contribution in [2.45, 2.75) is 13.3 Å². The molecule has 0 atom stereocenters. The zero-order valence-corrected chi connectivity index (χ0v) is 11.1. The lowest BCUT2D eigenvalue weighted by molar-refractivity contribution is 0.624. The first kappa shape index (κ1) is 14.0. The molecule has 0 fully saturated rings. The van der Waals surface area contributed by atoms with Gasteiger partial charge in [0.15, 0.2) is 0 Å². The van der Waals surface area contributed by atoms with E-state index in [1.54, 1.807) is 18.2 Å². The molecular formula is C16H14F2N2. The molecule has 2 aromatic carbocycles. The number of nitriles is 1. The number of benzene rings is 2. The molecule has 2 rings (SSSR count). The Morgan fingerprint density at radius 1 is 1.15 bits per heavy atom. The highest BCUT2D eigenvalue weighted by atomic mass is 19.1. The predicted molar refractivity (Wildman–Crippen MR) is 74.4 cm³/mol.